The summed E-state index contributed by atoms with van der Waals surface area (Å²) in [5.74, 6) is 3.24. The number of hydrogen-bond donors (Lipinski definition) is 0. The first-order valence-corrected chi connectivity index (χ1v) is 6.92. The molecule has 122 valence electrons. The summed E-state index contributed by atoms with van der Waals surface area (Å²) in [6.45, 7) is 0. The van der Waals surface area contributed by atoms with Gasteiger partial charge in [0.1, 0.15) is 11.5 Å². The highest BCUT2D eigenvalue weighted by Crippen LogP contribution is 2.38. The van der Waals surface area contributed by atoms with Crippen LogP contribution in [-0.2, 0) is 0 Å². The molecule has 2 aromatic carbocycles. The monoisotopic (exact) mass is 318 g/mol. The molecule has 2 aromatic rings. The second-order valence-electron chi connectivity index (χ2n) is 4.39. The van der Waals surface area contributed by atoms with E-state index in [2.05, 4.69) is 0 Å². The summed E-state index contributed by atoms with van der Waals surface area (Å²) in [4.78, 5) is 0. The van der Waals surface area contributed by atoms with Gasteiger partial charge < -0.3 is 28.3 Å². The van der Waals surface area contributed by atoms with Crippen LogP contribution in [0.2, 0.25) is 0 Å². The molecule has 0 saturated heterocycles. The molecule has 23 heavy (non-hydrogen) atoms. The molecule has 0 aliphatic heterocycles. The summed E-state index contributed by atoms with van der Waals surface area (Å²) in [5, 5.41) is 0. The minimum Gasteiger partial charge on any atom is -0.526 e. The maximum absolute atomic E-state index is 5.62. The van der Waals surface area contributed by atoms with E-state index in [1.54, 1.807) is 52.7 Å². The van der Waals surface area contributed by atoms with E-state index < -0.39 is 0 Å². The van der Waals surface area contributed by atoms with Crippen LogP contribution in [0.4, 0.5) is 0 Å². The number of hydrogen-bond acceptors (Lipinski definition) is 6. The molecular formula is C16H19BO6. The van der Waals surface area contributed by atoms with Gasteiger partial charge in [-0.15, -0.1) is 0 Å². The van der Waals surface area contributed by atoms with Crippen LogP contribution >= 0.6 is 0 Å². The molecule has 0 amide bonds. The van der Waals surface area contributed by atoms with Crippen LogP contribution in [0, 0.1) is 0 Å². The van der Waals surface area contributed by atoms with Crippen LogP contribution in [-0.4, -0.2) is 36.1 Å². The van der Waals surface area contributed by atoms with Crippen molar-refractivity contribution in [3.63, 3.8) is 0 Å². The van der Waals surface area contributed by atoms with Gasteiger partial charge in [0.25, 0.3) is 0 Å². The van der Waals surface area contributed by atoms with Crippen molar-refractivity contribution in [2.24, 2.45) is 0 Å². The Labute approximate surface area is 136 Å². The molecule has 6 nitrogen and oxygen atoms in total. The van der Waals surface area contributed by atoms with Gasteiger partial charge in [-0.1, -0.05) is 12.1 Å². The van der Waals surface area contributed by atoms with E-state index >= 15 is 0 Å². The minimum atomic E-state index is -0.0208. The van der Waals surface area contributed by atoms with Crippen molar-refractivity contribution in [1.29, 1.82) is 0 Å². The number of ether oxygens (including phenoxy) is 4. The Kier molecular flexibility index (Phi) is 5.85. The van der Waals surface area contributed by atoms with E-state index in [1.807, 2.05) is 12.1 Å². The Hall–Kier alpha value is -2.70. The van der Waals surface area contributed by atoms with Crippen LogP contribution in [0.5, 0.6) is 34.5 Å². The Balaban J connectivity index is 2.09. The van der Waals surface area contributed by atoms with Crippen LogP contribution in [0.1, 0.15) is 0 Å². The molecule has 0 fully saturated rings. The average Bonchev–Trinajstić information content (AvgIpc) is 2.60. The standard InChI is InChI=1S/C16H19BO6/c1-18-11-7-5-9-13(15(11)20-3)22-17-23-14-10-6-8-12(19-2)16(14)21-4/h5-10,17H,1-4H3. The molecule has 2 rings (SSSR count). The second kappa shape index (κ2) is 8.07. The molecular weight excluding hydrogens is 299 g/mol. The first-order chi connectivity index (χ1) is 11.2. The highest BCUT2D eigenvalue weighted by Gasteiger charge is 2.14. The van der Waals surface area contributed by atoms with E-state index in [0.717, 1.165) is 0 Å². The minimum absolute atomic E-state index is 0.0208. The maximum atomic E-state index is 5.62. The molecule has 0 aliphatic carbocycles. The summed E-state index contributed by atoms with van der Waals surface area (Å²) in [6.07, 6.45) is 0. The molecule has 0 unspecified atom stereocenters. The third-order valence-corrected chi connectivity index (χ3v) is 3.16. The summed E-state index contributed by atoms with van der Waals surface area (Å²) in [7, 11) is 6.22. The SMILES string of the molecule is COc1cccc(OBOc2cccc(OC)c2OC)c1OC. The van der Waals surface area contributed by atoms with Gasteiger partial charge >= 0.3 is 7.69 Å². The molecule has 0 radical (unpaired) electrons. The summed E-state index contributed by atoms with van der Waals surface area (Å²) in [6, 6.07) is 10.7. The fraction of sp³-hybridized carbons (Fsp3) is 0.250. The molecule has 0 aromatic heterocycles. The van der Waals surface area contributed by atoms with Crippen molar-refractivity contribution in [2.45, 2.75) is 0 Å². The third-order valence-electron chi connectivity index (χ3n) is 3.16. The van der Waals surface area contributed by atoms with Gasteiger partial charge in [0.15, 0.2) is 11.5 Å². The van der Waals surface area contributed by atoms with Crippen molar-refractivity contribution in [3.05, 3.63) is 36.4 Å². The van der Waals surface area contributed by atoms with E-state index in [4.69, 9.17) is 28.3 Å². The molecule has 0 bridgehead atoms. The Morgan fingerprint density at radius 2 is 0.957 bits per heavy atom. The zero-order valence-corrected chi connectivity index (χ0v) is 13.6. The normalized spacial score (nSPS) is 9.74. The lowest BCUT2D eigenvalue weighted by atomic mass is 10.2. The largest absolute Gasteiger partial charge is 0.576 e. The lowest BCUT2D eigenvalue weighted by Crippen LogP contribution is -2.12. The van der Waals surface area contributed by atoms with Gasteiger partial charge in [-0.05, 0) is 24.3 Å². The first kappa shape index (κ1) is 16.7. The highest BCUT2D eigenvalue weighted by atomic mass is 16.6. The smallest absolute Gasteiger partial charge is 0.526 e. The van der Waals surface area contributed by atoms with E-state index in [1.165, 1.54) is 0 Å². The molecule has 0 spiro atoms. The first-order valence-electron chi connectivity index (χ1n) is 6.92. The van der Waals surface area contributed by atoms with Crippen molar-refractivity contribution < 1.29 is 28.3 Å². The van der Waals surface area contributed by atoms with Crippen LogP contribution in [0.3, 0.4) is 0 Å². The predicted molar refractivity (Wildman–Crippen MR) is 87.5 cm³/mol. The van der Waals surface area contributed by atoms with Gasteiger partial charge in [0, 0.05) is 0 Å². The average molecular weight is 318 g/mol. The van der Waals surface area contributed by atoms with Crippen LogP contribution in [0.25, 0.3) is 0 Å². The van der Waals surface area contributed by atoms with Gasteiger partial charge in [-0.3, -0.25) is 0 Å². The Morgan fingerprint density at radius 1 is 0.565 bits per heavy atom. The summed E-state index contributed by atoms with van der Waals surface area (Å²) >= 11 is 0. The predicted octanol–water partition coefficient (Wildman–Crippen LogP) is 2.45. The van der Waals surface area contributed by atoms with Crippen molar-refractivity contribution >= 4 is 7.69 Å². The number of rotatable bonds is 8. The van der Waals surface area contributed by atoms with Crippen molar-refractivity contribution in [2.75, 3.05) is 28.4 Å². The molecule has 0 saturated carbocycles. The molecule has 0 N–H and O–H groups in total. The highest BCUT2D eigenvalue weighted by molar-refractivity contribution is 6.21. The van der Waals surface area contributed by atoms with E-state index in [9.17, 15) is 0 Å². The zero-order chi connectivity index (χ0) is 16.7. The fourth-order valence-electron chi connectivity index (χ4n) is 2.10. The lowest BCUT2D eigenvalue weighted by Gasteiger charge is -2.15. The van der Waals surface area contributed by atoms with Crippen LogP contribution in [0.15, 0.2) is 36.4 Å². The Morgan fingerprint density at radius 3 is 1.30 bits per heavy atom. The Bertz CT molecular complexity index is 591. The topological polar surface area (TPSA) is 55.4 Å². The molecule has 0 aliphatic rings. The van der Waals surface area contributed by atoms with E-state index in [-0.39, 0.29) is 7.69 Å². The quantitative estimate of drug-likeness (QED) is 0.697. The zero-order valence-electron chi connectivity index (χ0n) is 13.6. The van der Waals surface area contributed by atoms with Crippen LogP contribution < -0.4 is 28.3 Å². The summed E-state index contributed by atoms with van der Waals surface area (Å²) < 4.78 is 32.3. The second-order valence-corrected chi connectivity index (χ2v) is 4.39. The molecule has 0 atom stereocenters. The number of benzene rings is 2. The van der Waals surface area contributed by atoms with Crippen molar-refractivity contribution in [3.8, 4) is 34.5 Å². The number of para-hydroxylation sites is 2. The maximum Gasteiger partial charge on any atom is 0.576 e. The number of methoxy groups -OCH3 is 4. The lowest BCUT2D eigenvalue weighted by molar-refractivity contribution is 0.332. The van der Waals surface area contributed by atoms with Gasteiger partial charge in [-0.2, -0.15) is 0 Å². The molecule has 7 heteroatoms. The summed E-state index contributed by atoms with van der Waals surface area (Å²) in [5.41, 5.74) is 0. The van der Waals surface area contributed by atoms with Gasteiger partial charge in [0.2, 0.25) is 11.5 Å². The van der Waals surface area contributed by atoms with Gasteiger partial charge in [-0.25, -0.2) is 0 Å². The fourth-order valence-corrected chi connectivity index (χ4v) is 2.10. The van der Waals surface area contributed by atoms with Crippen molar-refractivity contribution in [1.82, 2.24) is 0 Å². The molecule has 0 heterocycles. The van der Waals surface area contributed by atoms with E-state index in [0.29, 0.717) is 34.5 Å². The third kappa shape index (κ3) is 3.74. The van der Waals surface area contributed by atoms with Gasteiger partial charge in [0.05, 0.1) is 28.4 Å².